The highest BCUT2D eigenvalue weighted by Crippen LogP contribution is 2.41. The third-order valence-electron chi connectivity index (χ3n) is 6.70. The first kappa shape index (κ1) is 29.6. The van der Waals surface area contributed by atoms with Gasteiger partial charge < -0.3 is 20.4 Å². The molecule has 6 rings (SSSR count). The maximum Gasteiger partial charge on any atom is 0.339 e. The van der Waals surface area contributed by atoms with Crippen molar-refractivity contribution in [2.24, 2.45) is 10.2 Å². The second-order valence-electron chi connectivity index (χ2n) is 9.48. The van der Waals surface area contributed by atoms with Crippen LogP contribution in [0.5, 0.6) is 11.5 Å². The normalized spacial score (nSPS) is 11.5. The van der Waals surface area contributed by atoms with Crippen LogP contribution in [0.15, 0.2) is 118 Å². The van der Waals surface area contributed by atoms with Crippen molar-refractivity contribution in [1.82, 2.24) is 0 Å². The standard InChI is InChI=1S/C21H14N2O6S.C11H8O3/c24-20-16(21(25)26)11-13-6-2-4-8-15(13)19(20)23-22-18-14-7-3-1-5-12(14)9-10-17(18)30(27,28)29;12-10-6-8(11(13)14)5-7-3-1-2-4-9(7)10/h1-11,24H,(H,25,26)(H,27,28,29);1-6,12H,(H,13,14). The molecule has 0 spiro atoms. The third kappa shape index (κ3) is 5.88. The molecule has 0 aromatic heterocycles. The van der Waals surface area contributed by atoms with Crippen LogP contribution in [0.1, 0.15) is 20.7 Å². The van der Waals surface area contributed by atoms with Crippen molar-refractivity contribution in [3.8, 4) is 11.5 Å². The molecule has 6 aromatic rings. The van der Waals surface area contributed by atoms with E-state index in [1.165, 1.54) is 30.3 Å². The van der Waals surface area contributed by atoms with Gasteiger partial charge in [0.2, 0.25) is 0 Å². The average molecular weight is 611 g/mol. The van der Waals surface area contributed by atoms with E-state index in [4.69, 9.17) is 5.11 Å². The van der Waals surface area contributed by atoms with Crippen LogP contribution in [0, 0.1) is 0 Å². The Labute approximate surface area is 249 Å². The number of nitrogens with zero attached hydrogens (tertiary/aromatic N) is 2. The van der Waals surface area contributed by atoms with E-state index in [2.05, 4.69) is 10.2 Å². The summed E-state index contributed by atoms with van der Waals surface area (Å²) in [5.74, 6) is -2.98. The fraction of sp³-hybridized carbons (Fsp3) is 0. The topological polar surface area (TPSA) is 194 Å². The predicted octanol–water partition coefficient (Wildman–Crippen LogP) is 7.30. The number of carboxylic acids is 2. The number of fused-ring (bicyclic) bond motifs is 3. The van der Waals surface area contributed by atoms with Crippen molar-refractivity contribution in [2.75, 3.05) is 0 Å². The van der Waals surface area contributed by atoms with Gasteiger partial charge in [0.05, 0.1) is 5.56 Å². The molecular formula is C32H22N2O9S. The quantitative estimate of drug-likeness (QED) is 0.0982. The van der Waals surface area contributed by atoms with Gasteiger partial charge in [0.1, 0.15) is 27.6 Å². The Morgan fingerprint density at radius 3 is 1.70 bits per heavy atom. The Morgan fingerprint density at radius 1 is 0.591 bits per heavy atom. The number of rotatable bonds is 5. The van der Waals surface area contributed by atoms with Gasteiger partial charge in [-0.1, -0.05) is 78.9 Å². The van der Waals surface area contributed by atoms with Gasteiger partial charge in [0, 0.05) is 16.2 Å². The lowest BCUT2D eigenvalue weighted by Crippen LogP contribution is -1.98. The highest BCUT2D eigenvalue weighted by molar-refractivity contribution is 7.86. The first-order valence-electron chi connectivity index (χ1n) is 12.8. The number of phenolic OH excluding ortho intramolecular Hbond substituents is 1. The lowest BCUT2D eigenvalue weighted by Gasteiger charge is -2.09. The zero-order chi connectivity index (χ0) is 31.6. The first-order valence-corrected chi connectivity index (χ1v) is 14.2. The molecule has 12 heteroatoms. The summed E-state index contributed by atoms with van der Waals surface area (Å²) in [5, 5.41) is 49.6. The third-order valence-corrected chi connectivity index (χ3v) is 7.59. The number of hydrogen-bond acceptors (Lipinski definition) is 8. The summed E-state index contributed by atoms with van der Waals surface area (Å²) >= 11 is 0. The van der Waals surface area contributed by atoms with Crippen LogP contribution >= 0.6 is 0 Å². The Kier molecular flexibility index (Phi) is 7.95. The van der Waals surface area contributed by atoms with Gasteiger partial charge in [-0.25, -0.2) is 9.59 Å². The van der Waals surface area contributed by atoms with Crippen molar-refractivity contribution in [2.45, 2.75) is 4.90 Å². The Hall–Kier alpha value is -5.85. The van der Waals surface area contributed by atoms with Gasteiger partial charge >= 0.3 is 11.9 Å². The van der Waals surface area contributed by atoms with E-state index in [0.29, 0.717) is 26.9 Å². The maximum absolute atomic E-state index is 11.9. The van der Waals surface area contributed by atoms with Gasteiger partial charge in [-0.15, -0.1) is 10.2 Å². The molecule has 11 nitrogen and oxygen atoms in total. The number of carboxylic acid groups (broad SMARTS) is 2. The number of aromatic hydroxyl groups is 2. The summed E-state index contributed by atoms with van der Waals surface area (Å²) in [5.41, 5.74) is -0.517. The molecule has 0 heterocycles. The molecule has 0 bridgehead atoms. The monoisotopic (exact) mass is 610 g/mol. The molecule has 0 amide bonds. The number of azo groups is 1. The molecule has 0 radical (unpaired) electrons. The van der Waals surface area contributed by atoms with Crippen molar-refractivity contribution in [3.05, 3.63) is 114 Å². The van der Waals surface area contributed by atoms with E-state index in [0.717, 1.165) is 5.39 Å². The molecule has 0 unspecified atom stereocenters. The Morgan fingerprint density at radius 2 is 1.11 bits per heavy atom. The molecule has 0 saturated carbocycles. The highest BCUT2D eigenvalue weighted by Gasteiger charge is 2.20. The van der Waals surface area contributed by atoms with E-state index in [1.54, 1.807) is 72.8 Å². The smallest absolute Gasteiger partial charge is 0.339 e. The number of benzene rings is 6. The molecule has 44 heavy (non-hydrogen) atoms. The molecule has 0 aliphatic carbocycles. The van der Waals surface area contributed by atoms with Crippen molar-refractivity contribution in [1.29, 1.82) is 0 Å². The fourth-order valence-electron chi connectivity index (χ4n) is 4.64. The van der Waals surface area contributed by atoms with E-state index < -0.39 is 32.7 Å². The second kappa shape index (κ2) is 11.8. The molecule has 220 valence electrons. The molecule has 0 aliphatic heterocycles. The van der Waals surface area contributed by atoms with Crippen LogP contribution < -0.4 is 0 Å². The van der Waals surface area contributed by atoms with Gasteiger partial charge in [-0.2, -0.15) is 8.42 Å². The van der Waals surface area contributed by atoms with Gasteiger partial charge in [0.15, 0.2) is 5.75 Å². The Balaban J connectivity index is 0.000000229. The van der Waals surface area contributed by atoms with Crippen molar-refractivity contribution in [3.63, 3.8) is 0 Å². The largest absolute Gasteiger partial charge is 0.507 e. The molecule has 6 aromatic carbocycles. The molecule has 0 aliphatic rings. The number of carbonyl (C=O) groups is 2. The second-order valence-corrected chi connectivity index (χ2v) is 10.9. The summed E-state index contributed by atoms with van der Waals surface area (Å²) in [6.07, 6.45) is 0. The van der Waals surface area contributed by atoms with Crippen LogP contribution in [0.3, 0.4) is 0 Å². The molecule has 5 N–H and O–H groups in total. The summed E-state index contributed by atoms with van der Waals surface area (Å²) in [7, 11) is -4.61. The number of phenols is 2. The fourth-order valence-corrected chi connectivity index (χ4v) is 5.28. The summed E-state index contributed by atoms with van der Waals surface area (Å²) < 4.78 is 33.3. The van der Waals surface area contributed by atoms with E-state index in [-0.39, 0.29) is 28.3 Å². The summed E-state index contributed by atoms with van der Waals surface area (Å²) in [6.45, 7) is 0. The maximum atomic E-state index is 11.9. The summed E-state index contributed by atoms with van der Waals surface area (Å²) in [4.78, 5) is 21.7. The number of aromatic carboxylic acids is 2. The Bertz CT molecular complexity index is 2250. The summed E-state index contributed by atoms with van der Waals surface area (Å²) in [6, 6.07) is 27.4. The van der Waals surface area contributed by atoms with Crippen LogP contribution in [0.4, 0.5) is 11.4 Å². The van der Waals surface area contributed by atoms with Crippen LogP contribution in [0.25, 0.3) is 32.3 Å². The van der Waals surface area contributed by atoms with Crippen LogP contribution in [0.2, 0.25) is 0 Å². The lowest BCUT2D eigenvalue weighted by molar-refractivity contribution is 0.0684. The molecular weight excluding hydrogens is 588 g/mol. The van der Waals surface area contributed by atoms with Crippen molar-refractivity contribution >= 4 is 65.7 Å². The zero-order valence-corrected chi connectivity index (χ0v) is 23.3. The SMILES string of the molecule is O=C(O)c1cc(O)c2ccccc2c1.O=C(O)c1cc2ccccc2c(N=Nc2c(S(=O)(=O)O)ccc3ccccc23)c1O. The predicted molar refractivity (Wildman–Crippen MR) is 163 cm³/mol. The van der Waals surface area contributed by atoms with Gasteiger partial charge in [-0.3, -0.25) is 4.55 Å². The van der Waals surface area contributed by atoms with Crippen LogP contribution in [-0.4, -0.2) is 45.3 Å². The zero-order valence-electron chi connectivity index (χ0n) is 22.5. The van der Waals surface area contributed by atoms with Crippen molar-refractivity contribution < 1.29 is 43.0 Å². The van der Waals surface area contributed by atoms with E-state index in [1.807, 2.05) is 0 Å². The van der Waals surface area contributed by atoms with E-state index in [9.17, 15) is 37.9 Å². The lowest BCUT2D eigenvalue weighted by atomic mass is 10.0. The molecule has 0 atom stereocenters. The minimum absolute atomic E-state index is 0.000463. The molecule has 0 saturated heterocycles. The highest BCUT2D eigenvalue weighted by atomic mass is 32.2. The van der Waals surface area contributed by atoms with E-state index >= 15 is 0 Å². The van der Waals surface area contributed by atoms with Gasteiger partial charge in [-0.05, 0) is 40.4 Å². The van der Waals surface area contributed by atoms with Gasteiger partial charge in [0.25, 0.3) is 10.1 Å². The molecule has 0 fully saturated rings. The first-order chi connectivity index (χ1) is 21.0. The minimum atomic E-state index is -4.61. The average Bonchev–Trinajstić information content (AvgIpc) is 3.00. The minimum Gasteiger partial charge on any atom is -0.507 e. The van der Waals surface area contributed by atoms with Crippen LogP contribution in [-0.2, 0) is 10.1 Å². The number of hydrogen-bond donors (Lipinski definition) is 5.